The van der Waals surface area contributed by atoms with Crippen molar-refractivity contribution in [2.45, 2.75) is 20.3 Å². The summed E-state index contributed by atoms with van der Waals surface area (Å²) in [5.74, 6) is -0.307. The Bertz CT molecular complexity index is 174. The monoisotopic (exact) mass is 188 g/mol. The Morgan fingerprint density at radius 1 is 1.46 bits per heavy atom. The van der Waals surface area contributed by atoms with Crippen LogP contribution in [0, 0.1) is 5.41 Å². The van der Waals surface area contributed by atoms with Gasteiger partial charge in [-0.3, -0.25) is 4.79 Å². The molecule has 0 aromatic rings. The highest BCUT2D eigenvalue weighted by molar-refractivity contribution is 5.75. The number of esters is 1. The third kappa shape index (κ3) is 4.62. The normalized spacial score (nSPS) is 11.0. The minimum atomic E-state index is -0.641. The van der Waals surface area contributed by atoms with Crippen LogP contribution >= 0.6 is 0 Å². The number of carbonyl (C=O) groups is 2. The van der Waals surface area contributed by atoms with E-state index in [1.807, 2.05) is 0 Å². The zero-order valence-electron chi connectivity index (χ0n) is 8.33. The Labute approximate surface area is 78.2 Å². The second-order valence-electron chi connectivity index (χ2n) is 3.38. The van der Waals surface area contributed by atoms with Crippen molar-refractivity contribution >= 4 is 12.3 Å². The van der Waals surface area contributed by atoms with Gasteiger partial charge in [0.2, 0.25) is 0 Å². The van der Waals surface area contributed by atoms with Crippen LogP contribution in [0.4, 0.5) is 0 Å². The fourth-order valence-corrected chi connectivity index (χ4v) is 0.794. The number of aldehydes is 1. The number of ether oxygens (including phenoxy) is 2. The van der Waals surface area contributed by atoms with Crippen LogP contribution in [0.25, 0.3) is 0 Å². The van der Waals surface area contributed by atoms with E-state index in [4.69, 9.17) is 4.74 Å². The lowest BCUT2D eigenvalue weighted by molar-refractivity contribution is -0.154. The van der Waals surface area contributed by atoms with Crippen molar-refractivity contribution in [1.82, 2.24) is 0 Å². The van der Waals surface area contributed by atoms with E-state index in [0.717, 1.165) is 6.29 Å². The third-order valence-electron chi connectivity index (χ3n) is 1.58. The molecule has 0 aromatic carbocycles. The molecular weight excluding hydrogens is 172 g/mol. The Morgan fingerprint density at radius 3 is 2.54 bits per heavy atom. The van der Waals surface area contributed by atoms with Gasteiger partial charge >= 0.3 is 5.97 Å². The summed E-state index contributed by atoms with van der Waals surface area (Å²) in [6.07, 6.45) is 1.14. The predicted molar refractivity (Wildman–Crippen MR) is 47.3 cm³/mol. The summed E-state index contributed by atoms with van der Waals surface area (Å²) in [5.41, 5.74) is -0.641. The van der Waals surface area contributed by atoms with Gasteiger partial charge in [0.15, 0.2) is 0 Å². The Hall–Kier alpha value is -0.900. The summed E-state index contributed by atoms with van der Waals surface area (Å²) in [7, 11) is 1.34. The summed E-state index contributed by atoms with van der Waals surface area (Å²) < 4.78 is 9.71. The molecular formula is C9H16O4. The van der Waals surface area contributed by atoms with Crippen LogP contribution in [-0.4, -0.2) is 32.6 Å². The lowest BCUT2D eigenvalue weighted by Crippen LogP contribution is -2.30. The molecule has 0 unspecified atom stereocenters. The Morgan fingerprint density at radius 2 is 2.08 bits per heavy atom. The largest absolute Gasteiger partial charge is 0.469 e. The summed E-state index contributed by atoms with van der Waals surface area (Å²) >= 11 is 0. The molecule has 0 aliphatic rings. The Kier molecular flexibility index (Phi) is 5.30. The van der Waals surface area contributed by atoms with Gasteiger partial charge in [-0.15, -0.1) is 0 Å². The molecule has 76 valence electrons. The maximum Gasteiger partial charge on any atom is 0.313 e. The van der Waals surface area contributed by atoms with Crippen LogP contribution in [0.3, 0.4) is 0 Å². The van der Waals surface area contributed by atoms with E-state index < -0.39 is 5.41 Å². The van der Waals surface area contributed by atoms with Gasteiger partial charge < -0.3 is 14.3 Å². The van der Waals surface area contributed by atoms with Crippen LogP contribution in [0.15, 0.2) is 0 Å². The lowest BCUT2D eigenvalue weighted by Gasteiger charge is -2.20. The van der Waals surface area contributed by atoms with Gasteiger partial charge in [-0.25, -0.2) is 0 Å². The number of hydrogen-bond acceptors (Lipinski definition) is 4. The van der Waals surface area contributed by atoms with E-state index in [1.54, 1.807) is 13.8 Å². The van der Waals surface area contributed by atoms with Crippen molar-refractivity contribution in [3.63, 3.8) is 0 Å². The van der Waals surface area contributed by atoms with Crippen molar-refractivity contribution in [2.24, 2.45) is 5.41 Å². The molecule has 0 radical (unpaired) electrons. The SMILES string of the molecule is COC(=O)C(C)(C)COCCC=O. The lowest BCUT2D eigenvalue weighted by atomic mass is 9.95. The number of rotatable bonds is 6. The highest BCUT2D eigenvalue weighted by Gasteiger charge is 2.28. The molecule has 13 heavy (non-hydrogen) atoms. The number of methoxy groups -OCH3 is 1. The molecule has 0 fully saturated rings. The maximum absolute atomic E-state index is 11.1. The van der Waals surface area contributed by atoms with Crippen molar-refractivity contribution in [1.29, 1.82) is 0 Å². The van der Waals surface area contributed by atoms with Crippen molar-refractivity contribution in [2.75, 3.05) is 20.3 Å². The van der Waals surface area contributed by atoms with E-state index >= 15 is 0 Å². The molecule has 0 spiro atoms. The van der Waals surface area contributed by atoms with Gasteiger partial charge in [0.25, 0.3) is 0 Å². The van der Waals surface area contributed by atoms with E-state index in [1.165, 1.54) is 7.11 Å². The minimum Gasteiger partial charge on any atom is -0.469 e. The molecule has 0 bridgehead atoms. The molecule has 0 aliphatic carbocycles. The molecule has 4 nitrogen and oxygen atoms in total. The molecule has 0 aliphatic heterocycles. The molecule has 0 N–H and O–H groups in total. The molecule has 0 rings (SSSR count). The van der Waals surface area contributed by atoms with Gasteiger partial charge in [0, 0.05) is 6.42 Å². The summed E-state index contributed by atoms with van der Waals surface area (Å²) in [5, 5.41) is 0. The smallest absolute Gasteiger partial charge is 0.313 e. The first-order valence-electron chi connectivity index (χ1n) is 4.14. The second-order valence-corrected chi connectivity index (χ2v) is 3.38. The first kappa shape index (κ1) is 12.1. The number of carbonyl (C=O) groups excluding carboxylic acids is 2. The van der Waals surface area contributed by atoms with Crippen LogP contribution in [0.1, 0.15) is 20.3 Å². The highest BCUT2D eigenvalue weighted by Crippen LogP contribution is 2.17. The van der Waals surface area contributed by atoms with E-state index in [-0.39, 0.29) is 12.6 Å². The third-order valence-corrected chi connectivity index (χ3v) is 1.58. The highest BCUT2D eigenvalue weighted by atomic mass is 16.5. The summed E-state index contributed by atoms with van der Waals surface area (Å²) in [6, 6.07) is 0. The quantitative estimate of drug-likeness (QED) is 0.351. The van der Waals surface area contributed by atoms with Gasteiger partial charge in [-0.2, -0.15) is 0 Å². The van der Waals surface area contributed by atoms with Crippen LogP contribution < -0.4 is 0 Å². The van der Waals surface area contributed by atoms with Gasteiger partial charge in [0.1, 0.15) is 6.29 Å². The zero-order chi connectivity index (χ0) is 10.3. The first-order chi connectivity index (χ1) is 6.04. The summed E-state index contributed by atoms with van der Waals surface area (Å²) in [6.45, 7) is 4.09. The molecule has 0 atom stereocenters. The first-order valence-corrected chi connectivity index (χ1v) is 4.14. The topological polar surface area (TPSA) is 52.6 Å². The average Bonchev–Trinajstić information content (AvgIpc) is 2.11. The second kappa shape index (κ2) is 5.70. The average molecular weight is 188 g/mol. The summed E-state index contributed by atoms with van der Waals surface area (Å²) in [4.78, 5) is 21.1. The Balaban J connectivity index is 3.75. The molecule has 0 heterocycles. The fourth-order valence-electron chi connectivity index (χ4n) is 0.794. The van der Waals surface area contributed by atoms with Crippen molar-refractivity contribution in [3.05, 3.63) is 0 Å². The predicted octanol–water partition coefficient (Wildman–Crippen LogP) is 0.791. The van der Waals surface area contributed by atoms with E-state index in [9.17, 15) is 9.59 Å². The van der Waals surface area contributed by atoms with Gasteiger partial charge in [-0.1, -0.05) is 0 Å². The molecule has 4 heteroatoms. The molecule has 0 saturated heterocycles. The standard InChI is InChI=1S/C9H16O4/c1-9(2,8(11)12-3)7-13-6-4-5-10/h5H,4,6-7H2,1-3H3. The zero-order valence-corrected chi connectivity index (χ0v) is 8.33. The van der Waals surface area contributed by atoms with E-state index in [0.29, 0.717) is 13.0 Å². The van der Waals surface area contributed by atoms with Crippen LogP contribution in [0.5, 0.6) is 0 Å². The van der Waals surface area contributed by atoms with Gasteiger partial charge in [0.05, 0.1) is 25.7 Å². The van der Waals surface area contributed by atoms with Gasteiger partial charge in [-0.05, 0) is 13.8 Å². The van der Waals surface area contributed by atoms with Crippen LogP contribution in [-0.2, 0) is 19.1 Å². The minimum absolute atomic E-state index is 0.271. The van der Waals surface area contributed by atoms with E-state index in [2.05, 4.69) is 4.74 Å². The molecule has 0 saturated carbocycles. The molecule has 0 amide bonds. The maximum atomic E-state index is 11.1. The van der Waals surface area contributed by atoms with Crippen LogP contribution in [0.2, 0.25) is 0 Å². The van der Waals surface area contributed by atoms with Crippen molar-refractivity contribution in [3.8, 4) is 0 Å². The van der Waals surface area contributed by atoms with Crippen molar-refractivity contribution < 1.29 is 19.1 Å². The fraction of sp³-hybridized carbons (Fsp3) is 0.778. The number of hydrogen-bond donors (Lipinski definition) is 0. The molecule has 0 aromatic heterocycles.